The monoisotopic (exact) mass is 692 g/mol. The van der Waals surface area contributed by atoms with Gasteiger partial charge >= 0.3 is 18.7 Å². The number of tetrazole rings is 1. The van der Waals surface area contributed by atoms with Crippen LogP contribution in [0.2, 0.25) is 0 Å². The average Bonchev–Trinajstić information content (AvgIpc) is 3.68. The van der Waals surface area contributed by atoms with Crippen LogP contribution >= 0.6 is 0 Å². The smallest absolute Gasteiger partial charge is 0.406 e. The quantitative estimate of drug-likeness (QED) is 0.210. The molecule has 2 aromatic carbocycles. The van der Waals surface area contributed by atoms with Gasteiger partial charge in [0.2, 0.25) is 5.91 Å². The molecule has 5 rings (SSSR count). The number of hydrogen-bond acceptors (Lipinski definition) is 6. The molecular weight excluding hydrogens is 659 g/mol. The Morgan fingerprint density at radius 3 is 2.15 bits per heavy atom. The lowest BCUT2D eigenvalue weighted by molar-refractivity contribution is -0.274. The molecule has 0 unspecified atom stereocenters. The number of ether oxygens (including phenoxy) is 1. The van der Waals surface area contributed by atoms with Crippen LogP contribution in [0.5, 0.6) is 5.75 Å². The molecule has 262 valence electrons. The highest BCUT2D eigenvalue weighted by Crippen LogP contribution is 2.46. The average molecular weight is 693 g/mol. The fraction of sp³-hybridized carbons (Fsp3) is 0.548. The molecular formula is C31H33F9N6O2. The van der Waals surface area contributed by atoms with Crippen LogP contribution in [-0.2, 0) is 30.7 Å². The molecule has 0 spiro atoms. The van der Waals surface area contributed by atoms with Gasteiger partial charge in [-0.05, 0) is 72.4 Å². The van der Waals surface area contributed by atoms with Crippen LogP contribution < -0.4 is 14.5 Å². The molecule has 1 aliphatic heterocycles. The number of halogens is 9. The number of carbonyl (C=O) groups is 1. The van der Waals surface area contributed by atoms with E-state index in [1.54, 1.807) is 6.92 Å². The van der Waals surface area contributed by atoms with Gasteiger partial charge in [-0.1, -0.05) is 37.7 Å². The molecule has 1 aromatic heterocycles. The lowest BCUT2D eigenvalue weighted by atomic mass is 9.87. The highest BCUT2D eigenvalue weighted by Gasteiger charge is 2.42. The van der Waals surface area contributed by atoms with Gasteiger partial charge in [-0.15, -0.1) is 18.3 Å². The predicted octanol–water partition coefficient (Wildman–Crippen LogP) is 8.38. The fourth-order valence-corrected chi connectivity index (χ4v) is 6.65. The topological polar surface area (TPSA) is 76.4 Å². The standard InChI is InChI=1S/C31H33F9N6O2/c1-3-22-15-26(24-16-23(48-31(38,39)40)9-10-25(24)46(22)27(47)11-8-18-6-4-5-7-18)45(28-41-43-44(2)42-28)17-19-12-20(29(32,33)34)14-21(13-19)30(35,36)37/h9-10,12-14,16,18,22,26H,3-8,11,15,17H2,1-2H3/t22-,26+/m1/s1. The van der Waals surface area contributed by atoms with E-state index in [-0.39, 0.29) is 42.0 Å². The molecule has 8 nitrogen and oxygen atoms in total. The molecule has 0 saturated heterocycles. The normalized spacial score (nSPS) is 19.0. The van der Waals surface area contributed by atoms with Crippen LogP contribution in [0.25, 0.3) is 0 Å². The second kappa shape index (κ2) is 13.5. The first-order chi connectivity index (χ1) is 22.4. The zero-order valence-electron chi connectivity index (χ0n) is 26.0. The highest BCUT2D eigenvalue weighted by atomic mass is 19.4. The minimum Gasteiger partial charge on any atom is -0.406 e. The van der Waals surface area contributed by atoms with Gasteiger partial charge in [0.15, 0.2) is 0 Å². The van der Waals surface area contributed by atoms with Gasteiger partial charge in [-0.2, -0.15) is 31.1 Å². The lowest BCUT2D eigenvalue weighted by Gasteiger charge is -2.44. The van der Waals surface area contributed by atoms with Crippen molar-refractivity contribution in [3.05, 3.63) is 58.7 Å². The Labute approximate surface area is 269 Å². The number of fused-ring (bicyclic) bond motifs is 1. The van der Waals surface area contributed by atoms with Crippen LogP contribution in [0.3, 0.4) is 0 Å². The molecule has 1 amide bonds. The van der Waals surface area contributed by atoms with Gasteiger partial charge in [0.25, 0.3) is 5.95 Å². The summed E-state index contributed by atoms with van der Waals surface area (Å²) in [6.07, 6.45) is -9.85. The summed E-state index contributed by atoms with van der Waals surface area (Å²) < 4.78 is 127. The van der Waals surface area contributed by atoms with E-state index in [9.17, 15) is 44.3 Å². The summed E-state index contributed by atoms with van der Waals surface area (Å²) >= 11 is 0. The van der Waals surface area contributed by atoms with E-state index in [2.05, 4.69) is 20.1 Å². The van der Waals surface area contributed by atoms with Crippen molar-refractivity contribution in [1.29, 1.82) is 0 Å². The fourth-order valence-electron chi connectivity index (χ4n) is 6.65. The Kier molecular flexibility index (Phi) is 9.88. The number of nitrogens with zero attached hydrogens (tertiary/aromatic N) is 6. The Bertz CT molecular complexity index is 1570. The molecule has 0 bridgehead atoms. The summed E-state index contributed by atoms with van der Waals surface area (Å²) in [5.74, 6) is -0.668. The van der Waals surface area contributed by atoms with Crippen LogP contribution in [-0.4, -0.2) is 38.5 Å². The maximum Gasteiger partial charge on any atom is 0.573 e. The van der Waals surface area contributed by atoms with Crippen molar-refractivity contribution in [3.8, 4) is 5.75 Å². The maximum atomic E-state index is 13.8. The third-order valence-electron chi connectivity index (χ3n) is 8.82. The summed E-state index contributed by atoms with van der Waals surface area (Å²) in [4.78, 5) is 17.6. The van der Waals surface area contributed by atoms with E-state index >= 15 is 0 Å². The first-order valence-corrected chi connectivity index (χ1v) is 15.4. The van der Waals surface area contributed by atoms with Crippen molar-refractivity contribution in [1.82, 2.24) is 20.2 Å². The molecule has 2 heterocycles. The minimum atomic E-state index is -5.11. The van der Waals surface area contributed by atoms with Gasteiger partial charge in [0.05, 0.1) is 24.2 Å². The first kappa shape index (κ1) is 35.3. The number of hydrogen-bond donors (Lipinski definition) is 0. The van der Waals surface area contributed by atoms with E-state index in [0.717, 1.165) is 42.6 Å². The van der Waals surface area contributed by atoms with Crippen molar-refractivity contribution >= 4 is 17.5 Å². The van der Waals surface area contributed by atoms with E-state index in [1.807, 2.05) is 0 Å². The lowest BCUT2D eigenvalue weighted by Crippen LogP contribution is -2.47. The predicted molar refractivity (Wildman–Crippen MR) is 155 cm³/mol. The van der Waals surface area contributed by atoms with Crippen LogP contribution in [0.15, 0.2) is 36.4 Å². The van der Waals surface area contributed by atoms with Crippen LogP contribution in [0.4, 0.5) is 51.1 Å². The van der Waals surface area contributed by atoms with Crippen LogP contribution in [0.1, 0.15) is 86.6 Å². The Morgan fingerprint density at radius 1 is 0.958 bits per heavy atom. The highest BCUT2D eigenvalue weighted by molar-refractivity contribution is 5.95. The van der Waals surface area contributed by atoms with Crippen molar-refractivity contribution < 1.29 is 49.0 Å². The summed E-state index contributed by atoms with van der Waals surface area (Å²) in [5, 5.41) is 11.9. The number of rotatable bonds is 9. The number of alkyl halides is 9. The van der Waals surface area contributed by atoms with Gasteiger partial charge in [0, 0.05) is 30.3 Å². The maximum absolute atomic E-state index is 13.8. The SMILES string of the molecule is CC[C@@H]1C[C@H](N(Cc2cc(C(F)(F)F)cc(C(F)(F)F)c2)c2nnn(C)n2)c2cc(OC(F)(F)F)ccc2N1C(=O)CCC1CCCC1. The molecule has 3 aromatic rings. The zero-order valence-corrected chi connectivity index (χ0v) is 26.0. The van der Waals surface area contributed by atoms with Gasteiger partial charge in [-0.3, -0.25) is 4.79 Å². The number of benzene rings is 2. The molecule has 0 radical (unpaired) electrons. The second-order valence-corrected chi connectivity index (χ2v) is 12.2. The molecule has 17 heteroatoms. The van der Waals surface area contributed by atoms with Gasteiger partial charge in [-0.25, -0.2) is 0 Å². The molecule has 1 aliphatic carbocycles. The van der Waals surface area contributed by atoms with E-state index in [0.29, 0.717) is 30.9 Å². The van der Waals surface area contributed by atoms with Gasteiger partial charge < -0.3 is 14.5 Å². The summed E-state index contributed by atoms with van der Waals surface area (Å²) in [6, 6.07) is 3.05. The van der Waals surface area contributed by atoms with Crippen molar-refractivity contribution in [2.45, 2.75) is 95.6 Å². The van der Waals surface area contributed by atoms with E-state index < -0.39 is 59.8 Å². The minimum absolute atomic E-state index is 0.00720. The molecule has 1 fully saturated rings. The Hall–Kier alpha value is -4.05. The van der Waals surface area contributed by atoms with E-state index in [4.69, 9.17) is 0 Å². The second-order valence-electron chi connectivity index (χ2n) is 12.2. The molecule has 48 heavy (non-hydrogen) atoms. The van der Waals surface area contributed by atoms with Crippen LogP contribution in [0, 0.1) is 5.92 Å². The largest absolute Gasteiger partial charge is 0.573 e. The molecule has 0 N–H and O–H groups in total. The number of carbonyl (C=O) groups excluding carboxylic acids is 1. The summed E-state index contributed by atoms with van der Waals surface area (Å²) in [7, 11) is 1.39. The summed E-state index contributed by atoms with van der Waals surface area (Å²) in [5.41, 5.74) is -3.09. The zero-order chi connectivity index (χ0) is 35.0. The third-order valence-corrected chi connectivity index (χ3v) is 8.82. The Balaban J connectivity index is 1.62. The number of aryl methyl sites for hydroxylation is 1. The molecule has 1 saturated carbocycles. The van der Waals surface area contributed by atoms with Crippen molar-refractivity contribution in [2.75, 3.05) is 9.80 Å². The third kappa shape index (κ3) is 8.14. The first-order valence-electron chi connectivity index (χ1n) is 15.4. The summed E-state index contributed by atoms with van der Waals surface area (Å²) in [6.45, 7) is 1.19. The van der Waals surface area contributed by atoms with Crippen molar-refractivity contribution in [3.63, 3.8) is 0 Å². The molecule has 2 aliphatic rings. The number of anilines is 2. The number of amides is 1. The number of aromatic nitrogens is 4. The van der Waals surface area contributed by atoms with Crippen molar-refractivity contribution in [2.24, 2.45) is 13.0 Å². The molecule has 2 atom stereocenters. The van der Waals surface area contributed by atoms with Gasteiger partial charge in [0.1, 0.15) is 5.75 Å². The Morgan fingerprint density at radius 2 is 1.60 bits per heavy atom. The van der Waals surface area contributed by atoms with E-state index in [1.165, 1.54) is 22.9 Å².